The molecule has 28 heavy (non-hydrogen) atoms. The lowest BCUT2D eigenvalue weighted by Gasteiger charge is -2.07. The smallest absolute Gasteiger partial charge is 0.258 e. The Kier molecular flexibility index (Phi) is 4.07. The molecule has 0 saturated heterocycles. The predicted molar refractivity (Wildman–Crippen MR) is 94.7 cm³/mol. The van der Waals surface area contributed by atoms with E-state index in [1.165, 1.54) is 18.3 Å². The lowest BCUT2D eigenvalue weighted by Crippen LogP contribution is -2.07. The minimum absolute atomic E-state index is 0.0256. The van der Waals surface area contributed by atoms with E-state index in [0.29, 0.717) is 6.20 Å². The highest BCUT2D eigenvalue weighted by Crippen LogP contribution is 2.38. The molecule has 0 saturated carbocycles. The number of hydrogen-bond donors (Lipinski definition) is 0. The van der Waals surface area contributed by atoms with Crippen LogP contribution in [0.2, 0.25) is 5.02 Å². The number of nitro groups is 1. The molecule has 11 heteroatoms. The molecule has 0 spiro atoms. The van der Waals surface area contributed by atoms with Crippen LogP contribution in [0.3, 0.4) is 0 Å². The molecule has 0 N–H and O–H groups in total. The van der Waals surface area contributed by atoms with Crippen LogP contribution in [0.5, 0.6) is 0 Å². The number of benzene rings is 2. The minimum Gasteiger partial charge on any atom is -0.258 e. The van der Waals surface area contributed by atoms with Crippen LogP contribution in [-0.2, 0) is 6.18 Å². The molecule has 0 bridgehead atoms. The maximum atomic E-state index is 13.4. The van der Waals surface area contributed by atoms with E-state index in [-0.39, 0.29) is 38.1 Å². The summed E-state index contributed by atoms with van der Waals surface area (Å²) in [6.07, 6.45) is -3.01. The van der Waals surface area contributed by atoms with Crippen LogP contribution in [0, 0.1) is 10.1 Å². The molecule has 0 amide bonds. The first-order valence-electron chi connectivity index (χ1n) is 7.69. The monoisotopic (exact) mass is 405 g/mol. The van der Waals surface area contributed by atoms with E-state index in [0.717, 1.165) is 6.07 Å². The Labute approximate surface area is 159 Å². The zero-order valence-electron chi connectivity index (χ0n) is 13.6. The van der Waals surface area contributed by atoms with E-state index < -0.39 is 22.5 Å². The first kappa shape index (κ1) is 18.0. The van der Waals surface area contributed by atoms with Gasteiger partial charge in [0.2, 0.25) is 0 Å². The van der Waals surface area contributed by atoms with Crippen LogP contribution >= 0.6 is 11.6 Å². The Hall–Kier alpha value is -3.40. The molecule has 0 aliphatic carbocycles. The van der Waals surface area contributed by atoms with Crippen molar-refractivity contribution >= 4 is 39.1 Å². The van der Waals surface area contributed by atoms with Gasteiger partial charge in [-0.3, -0.25) is 15.1 Å². The third-order valence-corrected chi connectivity index (χ3v) is 4.38. The van der Waals surface area contributed by atoms with Gasteiger partial charge >= 0.3 is 6.18 Å². The third-order valence-electron chi connectivity index (χ3n) is 4.05. The van der Waals surface area contributed by atoms with Gasteiger partial charge in [0.1, 0.15) is 0 Å². The summed E-state index contributed by atoms with van der Waals surface area (Å²) >= 11 is 6.17. The molecule has 4 rings (SSSR count). The summed E-state index contributed by atoms with van der Waals surface area (Å²) in [7, 11) is 0. The predicted octanol–water partition coefficient (Wildman–Crippen LogP) is 4.82. The fourth-order valence-corrected chi connectivity index (χ4v) is 3.05. The third kappa shape index (κ3) is 2.87. The molecular weight excluding hydrogens is 399 g/mol. The molecule has 0 aliphatic rings. The van der Waals surface area contributed by atoms with Crippen molar-refractivity contribution in [1.82, 2.24) is 20.2 Å². The molecule has 2 heterocycles. The van der Waals surface area contributed by atoms with Crippen molar-refractivity contribution in [3.63, 3.8) is 0 Å². The lowest BCUT2D eigenvalue weighted by atomic mass is 10.0. The molecule has 0 atom stereocenters. The van der Waals surface area contributed by atoms with E-state index in [1.807, 2.05) is 0 Å². The van der Waals surface area contributed by atoms with Crippen LogP contribution in [0.15, 0.2) is 42.7 Å². The van der Waals surface area contributed by atoms with Gasteiger partial charge in [0.25, 0.3) is 5.69 Å². The lowest BCUT2D eigenvalue weighted by molar-refractivity contribution is -0.383. The van der Waals surface area contributed by atoms with Crippen molar-refractivity contribution in [3.8, 4) is 11.3 Å². The Morgan fingerprint density at radius 1 is 1.07 bits per heavy atom. The molecule has 7 nitrogen and oxygen atoms in total. The van der Waals surface area contributed by atoms with Crippen LogP contribution in [-0.4, -0.2) is 25.1 Å². The summed E-state index contributed by atoms with van der Waals surface area (Å²) in [6.45, 7) is 0. The second kappa shape index (κ2) is 6.34. The second-order valence-corrected chi connectivity index (χ2v) is 6.14. The Morgan fingerprint density at radius 2 is 1.82 bits per heavy atom. The summed E-state index contributed by atoms with van der Waals surface area (Å²) in [5.74, 6) is 0. The zero-order valence-corrected chi connectivity index (χ0v) is 14.4. The van der Waals surface area contributed by atoms with Crippen molar-refractivity contribution in [2.45, 2.75) is 6.18 Å². The number of fused-ring (bicyclic) bond motifs is 3. The quantitative estimate of drug-likeness (QED) is 0.350. The Bertz CT molecular complexity index is 1260. The van der Waals surface area contributed by atoms with Crippen LogP contribution in [0.4, 0.5) is 18.9 Å². The fourth-order valence-electron chi connectivity index (χ4n) is 2.83. The van der Waals surface area contributed by atoms with Crippen molar-refractivity contribution in [2.24, 2.45) is 0 Å². The standard InChI is InChI=1S/C17H7ClF3N5O2/c18-11-4-2-1-3-8(11)15-9-5-12(26(27)28)16-10(6-23-25-16)14(9)22-7-13(24-15)17(19,20)21/h1-7H. The molecule has 2 aromatic carbocycles. The van der Waals surface area contributed by atoms with E-state index in [9.17, 15) is 23.3 Å². The number of rotatable bonds is 2. The minimum atomic E-state index is -4.79. The largest absolute Gasteiger partial charge is 0.434 e. The number of nitro benzene ring substituents is 1. The van der Waals surface area contributed by atoms with Crippen molar-refractivity contribution in [1.29, 1.82) is 0 Å². The summed E-state index contributed by atoms with van der Waals surface area (Å²) in [5, 5.41) is 19.1. The Morgan fingerprint density at radius 3 is 2.50 bits per heavy atom. The summed E-state index contributed by atoms with van der Waals surface area (Å²) in [5.41, 5.74) is -1.72. The highest BCUT2D eigenvalue weighted by molar-refractivity contribution is 6.33. The maximum absolute atomic E-state index is 13.4. The van der Waals surface area contributed by atoms with Crippen LogP contribution in [0.25, 0.3) is 33.1 Å². The van der Waals surface area contributed by atoms with Crippen molar-refractivity contribution in [3.05, 3.63) is 63.6 Å². The van der Waals surface area contributed by atoms with Gasteiger partial charge in [0, 0.05) is 22.0 Å². The van der Waals surface area contributed by atoms with Gasteiger partial charge in [-0.2, -0.15) is 18.3 Å². The topological polar surface area (TPSA) is 94.7 Å². The first-order chi connectivity index (χ1) is 13.3. The highest BCUT2D eigenvalue weighted by atomic mass is 35.5. The number of hydrogen-bond acceptors (Lipinski definition) is 6. The van der Waals surface area contributed by atoms with Crippen molar-refractivity contribution in [2.75, 3.05) is 0 Å². The number of nitrogens with zero attached hydrogens (tertiary/aromatic N) is 5. The summed E-state index contributed by atoms with van der Waals surface area (Å²) in [4.78, 5) is 18.4. The SMILES string of the molecule is O=[N+]([O-])c1cc2c(-c3ccccc3Cl)nc(C(F)(F)F)cnc2c2cnnc12. The number of non-ortho nitro benzene ring substituents is 1. The summed E-state index contributed by atoms with van der Waals surface area (Å²) < 4.78 is 40.2. The molecule has 0 aliphatic heterocycles. The Balaban J connectivity index is 2.26. The molecule has 0 unspecified atom stereocenters. The normalized spacial score (nSPS) is 11.9. The van der Waals surface area contributed by atoms with Gasteiger partial charge in [-0.05, 0) is 6.07 Å². The maximum Gasteiger partial charge on any atom is 0.434 e. The van der Waals surface area contributed by atoms with E-state index >= 15 is 0 Å². The molecular formula is C17H7ClF3N5O2. The molecule has 2 aromatic heterocycles. The average molecular weight is 406 g/mol. The van der Waals surface area contributed by atoms with Crippen LogP contribution < -0.4 is 0 Å². The van der Waals surface area contributed by atoms with Crippen molar-refractivity contribution < 1.29 is 18.1 Å². The molecule has 0 fully saturated rings. The van der Waals surface area contributed by atoms with Crippen LogP contribution in [0.1, 0.15) is 5.69 Å². The molecule has 140 valence electrons. The van der Waals surface area contributed by atoms with E-state index in [2.05, 4.69) is 20.2 Å². The molecule has 0 radical (unpaired) electrons. The van der Waals surface area contributed by atoms with E-state index in [4.69, 9.17) is 11.6 Å². The summed E-state index contributed by atoms with van der Waals surface area (Å²) in [6, 6.07) is 7.22. The van der Waals surface area contributed by atoms with Gasteiger partial charge in [0.05, 0.1) is 33.9 Å². The first-order valence-corrected chi connectivity index (χ1v) is 8.07. The van der Waals surface area contributed by atoms with Gasteiger partial charge in [-0.1, -0.05) is 29.8 Å². The number of halogens is 4. The second-order valence-electron chi connectivity index (χ2n) is 5.74. The zero-order chi connectivity index (χ0) is 20.1. The van der Waals surface area contributed by atoms with Gasteiger partial charge in [-0.15, -0.1) is 5.10 Å². The van der Waals surface area contributed by atoms with Gasteiger partial charge in [0.15, 0.2) is 11.2 Å². The number of aromatic nitrogens is 4. The van der Waals surface area contributed by atoms with Gasteiger partial charge in [-0.25, -0.2) is 4.98 Å². The molecule has 4 aromatic rings. The average Bonchev–Trinajstić information content (AvgIpc) is 3.02. The van der Waals surface area contributed by atoms with Gasteiger partial charge < -0.3 is 0 Å². The fraction of sp³-hybridized carbons (Fsp3) is 0.0588. The number of alkyl halides is 3. The highest BCUT2D eigenvalue weighted by Gasteiger charge is 2.34. The van der Waals surface area contributed by atoms with E-state index in [1.54, 1.807) is 12.1 Å².